The lowest BCUT2D eigenvalue weighted by atomic mass is 9.88. The minimum atomic E-state index is -0.161. The fourth-order valence-corrected chi connectivity index (χ4v) is 1.74. The summed E-state index contributed by atoms with van der Waals surface area (Å²) in [5, 5.41) is 12.3. The van der Waals surface area contributed by atoms with Crippen LogP contribution in [0.2, 0.25) is 0 Å². The molecule has 1 heterocycles. The van der Waals surface area contributed by atoms with Gasteiger partial charge in [-0.3, -0.25) is 4.79 Å². The lowest BCUT2D eigenvalue weighted by Gasteiger charge is -2.40. The Bertz CT molecular complexity index is 180. The summed E-state index contributed by atoms with van der Waals surface area (Å²) < 4.78 is 0. The van der Waals surface area contributed by atoms with Crippen LogP contribution in [-0.4, -0.2) is 48.2 Å². The van der Waals surface area contributed by atoms with Crippen LogP contribution in [0.4, 0.5) is 0 Å². The Morgan fingerprint density at radius 3 is 2.38 bits per heavy atom. The van der Waals surface area contributed by atoms with E-state index in [2.05, 4.69) is 5.32 Å². The molecule has 4 heteroatoms. The van der Waals surface area contributed by atoms with Crippen LogP contribution in [-0.2, 0) is 4.79 Å². The monoisotopic (exact) mass is 186 g/mol. The first-order chi connectivity index (χ1) is 6.13. The highest BCUT2D eigenvalue weighted by atomic mass is 16.3. The van der Waals surface area contributed by atoms with Crippen LogP contribution < -0.4 is 5.32 Å². The molecule has 0 aliphatic carbocycles. The molecule has 0 bridgehead atoms. The van der Waals surface area contributed by atoms with Crippen molar-refractivity contribution in [3.8, 4) is 0 Å². The Morgan fingerprint density at radius 2 is 2.08 bits per heavy atom. The van der Waals surface area contributed by atoms with Gasteiger partial charge < -0.3 is 15.3 Å². The highest BCUT2D eigenvalue weighted by molar-refractivity contribution is 5.73. The molecular formula is C9H18N2O2. The van der Waals surface area contributed by atoms with Crippen molar-refractivity contribution in [2.45, 2.75) is 25.3 Å². The lowest BCUT2D eigenvalue weighted by Crippen LogP contribution is -2.55. The first kappa shape index (κ1) is 10.5. The number of carbonyl (C=O) groups excluding carboxylic acids is 1. The molecule has 4 nitrogen and oxygen atoms in total. The summed E-state index contributed by atoms with van der Waals surface area (Å²) in [6, 6.07) is 0. The fourth-order valence-electron chi connectivity index (χ4n) is 1.74. The standard InChI is InChI=1S/C9H18N2O2/c1-8(13)11-5-3-9(7-12,10-2)4-6-11/h10,12H,3-7H2,1-2H3. The molecule has 0 unspecified atom stereocenters. The van der Waals surface area contributed by atoms with E-state index in [1.54, 1.807) is 6.92 Å². The fraction of sp³-hybridized carbons (Fsp3) is 0.889. The molecule has 2 N–H and O–H groups in total. The number of aliphatic hydroxyl groups is 1. The van der Waals surface area contributed by atoms with Gasteiger partial charge in [0.05, 0.1) is 6.61 Å². The van der Waals surface area contributed by atoms with Crippen molar-refractivity contribution in [3.05, 3.63) is 0 Å². The van der Waals surface area contributed by atoms with Crippen molar-refractivity contribution in [2.75, 3.05) is 26.7 Å². The van der Waals surface area contributed by atoms with Crippen LogP contribution in [0.1, 0.15) is 19.8 Å². The topological polar surface area (TPSA) is 52.6 Å². The number of carbonyl (C=O) groups is 1. The maximum atomic E-state index is 11.0. The van der Waals surface area contributed by atoms with Gasteiger partial charge in [-0.2, -0.15) is 0 Å². The van der Waals surface area contributed by atoms with Crippen LogP contribution in [0, 0.1) is 0 Å². The van der Waals surface area contributed by atoms with Crippen molar-refractivity contribution in [2.24, 2.45) is 0 Å². The molecule has 1 saturated heterocycles. The summed E-state index contributed by atoms with van der Waals surface area (Å²) >= 11 is 0. The van der Waals surface area contributed by atoms with Crippen LogP contribution in [0.5, 0.6) is 0 Å². The predicted molar refractivity (Wildman–Crippen MR) is 50.4 cm³/mol. The van der Waals surface area contributed by atoms with Gasteiger partial charge in [0, 0.05) is 25.6 Å². The van der Waals surface area contributed by atoms with Gasteiger partial charge in [0.15, 0.2) is 0 Å². The summed E-state index contributed by atoms with van der Waals surface area (Å²) in [6.45, 7) is 3.23. The summed E-state index contributed by atoms with van der Waals surface area (Å²) in [5.41, 5.74) is -0.161. The minimum absolute atomic E-state index is 0.127. The van der Waals surface area contributed by atoms with Gasteiger partial charge in [-0.25, -0.2) is 0 Å². The zero-order chi connectivity index (χ0) is 9.90. The quantitative estimate of drug-likeness (QED) is 0.616. The van der Waals surface area contributed by atoms with E-state index in [0.717, 1.165) is 25.9 Å². The smallest absolute Gasteiger partial charge is 0.219 e. The molecule has 13 heavy (non-hydrogen) atoms. The second-order valence-electron chi connectivity index (χ2n) is 3.69. The number of amides is 1. The molecule has 1 aliphatic rings. The van der Waals surface area contributed by atoms with Gasteiger partial charge in [-0.15, -0.1) is 0 Å². The van der Waals surface area contributed by atoms with E-state index in [4.69, 9.17) is 0 Å². The molecule has 0 saturated carbocycles. The summed E-state index contributed by atoms with van der Waals surface area (Å²) in [4.78, 5) is 12.9. The molecule has 1 aliphatic heterocycles. The van der Waals surface area contributed by atoms with E-state index in [-0.39, 0.29) is 18.1 Å². The van der Waals surface area contributed by atoms with Gasteiger partial charge in [-0.05, 0) is 19.9 Å². The third-order valence-electron chi connectivity index (χ3n) is 3.00. The van der Waals surface area contributed by atoms with E-state index in [9.17, 15) is 9.90 Å². The molecule has 76 valence electrons. The lowest BCUT2D eigenvalue weighted by molar-refractivity contribution is -0.130. The van der Waals surface area contributed by atoms with Crippen LogP contribution in [0.25, 0.3) is 0 Å². The van der Waals surface area contributed by atoms with E-state index >= 15 is 0 Å². The predicted octanol–water partition coefficient (Wildman–Crippen LogP) is -0.421. The van der Waals surface area contributed by atoms with Crippen LogP contribution >= 0.6 is 0 Å². The molecular weight excluding hydrogens is 168 g/mol. The first-order valence-corrected chi connectivity index (χ1v) is 4.69. The Hall–Kier alpha value is -0.610. The number of aliphatic hydroxyl groups excluding tert-OH is 1. The van der Waals surface area contributed by atoms with Crippen molar-refractivity contribution in [3.63, 3.8) is 0 Å². The molecule has 0 aromatic carbocycles. The van der Waals surface area contributed by atoms with Crippen molar-refractivity contribution in [1.29, 1.82) is 0 Å². The summed E-state index contributed by atoms with van der Waals surface area (Å²) in [6.07, 6.45) is 1.67. The largest absolute Gasteiger partial charge is 0.394 e. The number of rotatable bonds is 2. The highest BCUT2D eigenvalue weighted by Crippen LogP contribution is 2.21. The summed E-state index contributed by atoms with van der Waals surface area (Å²) in [7, 11) is 1.86. The molecule has 0 aromatic heterocycles. The molecule has 1 rings (SSSR count). The second-order valence-corrected chi connectivity index (χ2v) is 3.69. The van der Waals surface area contributed by atoms with E-state index in [1.165, 1.54) is 0 Å². The Labute approximate surface area is 78.9 Å². The highest BCUT2D eigenvalue weighted by Gasteiger charge is 2.32. The van der Waals surface area contributed by atoms with Gasteiger partial charge in [0.2, 0.25) is 5.91 Å². The molecule has 0 spiro atoms. The van der Waals surface area contributed by atoms with Crippen LogP contribution in [0.15, 0.2) is 0 Å². The maximum Gasteiger partial charge on any atom is 0.219 e. The minimum Gasteiger partial charge on any atom is -0.394 e. The van der Waals surface area contributed by atoms with Gasteiger partial charge in [0.1, 0.15) is 0 Å². The zero-order valence-electron chi connectivity index (χ0n) is 8.34. The second kappa shape index (κ2) is 4.07. The van der Waals surface area contributed by atoms with Crippen molar-refractivity contribution in [1.82, 2.24) is 10.2 Å². The first-order valence-electron chi connectivity index (χ1n) is 4.69. The number of nitrogens with one attached hydrogen (secondary N) is 1. The Balaban J connectivity index is 2.50. The average molecular weight is 186 g/mol. The molecule has 0 atom stereocenters. The third kappa shape index (κ3) is 2.19. The number of likely N-dealkylation sites (N-methyl/N-ethyl adjacent to an activating group) is 1. The number of hydrogen-bond acceptors (Lipinski definition) is 3. The maximum absolute atomic E-state index is 11.0. The zero-order valence-corrected chi connectivity index (χ0v) is 8.34. The molecule has 1 fully saturated rings. The Kier molecular flexibility index (Phi) is 3.27. The molecule has 1 amide bonds. The van der Waals surface area contributed by atoms with Gasteiger partial charge in [-0.1, -0.05) is 0 Å². The van der Waals surface area contributed by atoms with Crippen molar-refractivity contribution < 1.29 is 9.90 Å². The number of piperidine rings is 1. The summed E-state index contributed by atoms with van der Waals surface area (Å²) in [5.74, 6) is 0.127. The Morgan fingerprint density at radius 1 is 1.54 bits per heavy atom. The van der Waals surface area contributed by atoms with E-state index in [0.29, 0.717) is 0 Å². The van der Waals surface area contributed by atoms with Crippen LogP contribution in [0.3, 0.4) is 0 Å². The van der Waals surface area contributed by atoms with E-state index in [1.807, 2.05) is 11.9 Å². The number of likely N-dealkylation sites (tertiary alicyclic amines) is 1. The van der Waals surface area contributed by atoms with Crippen molar-refractivity contribution >= 4 is 5.91 Å². The van der Waals surface area contributed by atoms with Gasteiger partial charge in [0.25, 0.3) is 0 Å². The molecule has 0 aromatic rings. The number of hydrogen-bond donors (Lipinski definition) is 2. The van der Waals surface area contributed by atoms with E-state index < -0.39 is 0 Å². The average Bonchev–Trinajstić information content (AvgIpc) is 2.18. The third-order valence-corrected chi connectivity index (χ3v) is 3.00. The van der Waals surface area contributed by atoms with Gasteiger partial charge >= 0.3 is 0 Å². The number of nitrogens with zero attached hydrogens (tertiary/aromatic N) is 1. The molecule has 0 radical (unpaired) electrons. The normalized spacial score (nSPS) is 21.6. The SMILES string of the molecule is CNC1(CO)CCN(C(C)=O)CC1.